The number of morpholine rings is 1. The van der Waals surface area contributed by atoms with E-state index in [4.69, 9.17) is 4.74 Å². The maximum Gasteiger partial charge on any atom is 0.325 e. The molecule has 1 heterocycles. The van der Waals surface area contributed by atoms with E-state index in [1.807, 2.05) is 20.8 Å². The summed E-state index contributed by atoms with van der Waals surface area (Å²) < 4.78 is 5.53. The van der Waals surface area contributed by atoms with Crippen LogP contribution >= 0.6 is 0 Å². The summed E-state index contributed by atoms with van der Waals surface area (Å²) in [6.07, 6.45) is 2.23. The zero-order chi connectivity index (χ0) is 14.0. The molecule has 0 aromatic carbocycles. The number of nitrogens with one attached hydrogen (secondary N) is 1. The summed E-state index contributed by atoms with van der Waals surface area (Å²) in [6, 6.07) is 0.176. The topological polar surface area (TPSA) is 61.8 Å². The monoisotopic (exact) mass is 270 g/mol. The van der Waals surface area contributed by atoms with Crippen molar-refractivity contribution in [2.45, 2.75) is 51.3 Å². The summed E-state index contributed by atoms with van der Waals surface area (Å²) in [4.78, 5) is 14.1. The van der Waals surface area contributed by atoms with Crippen molar-refractivity contribution in [3.63, 3.8) is 0 Å². The summed E-state index contributed by atoms with van der Waals surface area (Å²) >= 11 is 0. The summed E-state index contributed by atoms with van der Waals surface area (Å²) in [7, 11) is 0. The number of hydrogen-bond acceptors (Lipinski definition) is 4. The first-order valence-electron chi connectivity index (χ1n) is 7.29. The molecule has 0 radical (unpaired) electrons. The Bertz CT molecular complexity index is 331. The van der Waals surface area contributed by atoms with Crippen LogP contribution in [-0.4, -0.2) is 59.9 Å². The molecule has 1 aliphatic carbocycles. The first-order chi connectivity index (χ1) is 8.94. The Balaban J connectivity index is 2.09. The minimum absolute atomic E-state index is 0.176. The van der Waals surface area contributed by atoms with Crippen molar-refractivity contribution in [2.75, 3.05) is 26.2 Å². The van der Waals surface area contributed by atoms with E-state index >= 15 is 0 Å². The molecule has 110 valence electrons. The second-order valence-electron chi connectivity index (χ2n) is 6.27. The maximum absolute atomic E-state index is 11.9. The molecule has 19 heavy (non-hydrogen) atoms. The summed E-state index contributed by atoms with van der Waals surface area (Å²) in [5.41, 5.74) is -0.786. The highest BCUT2D eigenvalue weighted by Gasteiger charge is 2.52. The summed E-state index contributed by atoms with van der Waals surface area (Å²) in [5.74, 6) is -0.437. The van der Waals surface area contributed by atoms with E-state index in [1.165, 1.54) is 0 Å². The molecule has 2 aliphatic rings. The quantitative estimate of drug-likeness (QED) is 0.752. The zero-order valence-electron chi connectivity index (χ0n) is 12.2. The van der Waals surface area contributed by atoms with Gasteiger partial charge in [0.2, 0.25) is 0 Å². The lowest BCUT2D eigenvalue weighted by Crippen LogP contribution is -2.63. The first kappa shape index (κ1) is 14.8. The predicted octanol–water partition coefficient (Wildman–Crippen LogP) is 0.939. The molecule has 0 amide bonds. The third-order valence-electron chi connectivity index (χ3n) is 4.00. The highest BCUT2D eigenvalue weighted by atomic mass is 16.5. The van der Waals surface area contributed by atoms with Gasteiger partial charge in [-0.2, -0.15) is 0 Å². The molecular formula is C14H26N2O3. The molecule has 2 unspecified atom stereocenters. The van der Waals surface area contributed by atoms with Gasteiger partial charge >= 0.3 is 5.97 Å². The molecule has 0 aromatic heterocycles. The molecule has 1 aliphatic heterocycles. The van der Waals surface area contributed by atoms with E-state index in [9.17, 15) is 9.90 Å². The molecule has 0 aromatic rings. The van der Waals surface area contributed by atoms with Crippen LogP contribution in [0, 0.1) is 5.92 Å². The first-order valence-corrected chi connectivity index (χ1v) is 7.29. The largest absolute Gasteiger partial charge is 0.480 e. The molecule has 0 bridgehead atoms. The molecule has 5 heteroatoms. The third kappa shape index (κ3) is 3.46. The van der Waals surface area contributed by atoms with Crippen LogP contribution in [0.3, 0.4) is 0 Å². The van der Waals surface area contributed by atoms with Crippen LogP contribution in [0.25, 0.3) is 0 Å². The lowest BCUT2D eigenvalue weighted by Gasteiger charge is -2.40. The molecule has 1 saturated heterocycles. The van der Waals surface area contributed by atoms with Crippen molar-refractivity contribution in [3.8, 4) is 0 Å². The smallest absolute Gasteiger partial charge is 0.325 e. The second-order valence-corrected chi connectivity index (χ2v) is 6.27. The fraction of sp³-hybridized carbons (Fsp3) is 0.929. The van der Waals surface area contributed by atoms with Gasteiger partial charge < -0.3 is 9.84 Å². The number of nitrogens with zero attached hydrogens (tertiary/aromatic N) is 1. The van der Waals surface area contributed by atoms with Gasteiger partial charge in [0.15, 0.2) is 0 Å². The van der Waals surface area contributed by atoms with Crippen molar-refractivity contribution in [2.24, 2.45) is 5.92 Å². The molecule has 2 rings (SSSR count). The van der Waals surface area contributed by atoms with Crippen molar-refractivity contribution in [1.29, 1.82) is 0 Å². The highest BCUT2D eigenvalue weighted by molar-refractivity contribution is 5.80. The maximum atomic E-state index is 11.9. The minimum Gasteiger partial charge on any atom is -0.480 e. The van der Waals surface area contributed by atoms with Crippen LogP contribution in [0.2, 0.25) is 0 Å². The average Bonchev–Trinajstić information content (AvgIpc) is 3.10. The van der Waals surface area contributed by atoms with Gasteiger partial charge in [0, 0.05) is 25.7 Å². The van der Waals surface area contributed by atoms with E-state index < -0.39 is 11.5 Å². The Morgan fingerprint density at radius 2 is 2.21 bits per heavy atom. The second kappa shape index (κ2) is 5.77. The number of carboxylic acid groups (broad SMARTS) is 1. The average molecular weight is 270 g/mol. The van der Waals surface area contributed by atoms with Crippen LogP contribution in [-0.2, 0) is 9.53 Å². The van der Waals surface area contributed by atoms with Crippen LogP contribution in [0.1, 0.15) is 33.6 Å². The Morgan fingerprint density at radius 1 is 1.53 bits per heavy atom. The Kier molecular flexibility index (Phi) is 4.48. The fourth-order valence-electron chi connectivity index (χ4n) is 3.07. The number of hydrogen-bond donors (Lipinski definition) is 2. The zero-order valence-corrected chi connectivity index (χ0v) is 12.2. The number of ether oxygens (including phenoxy) is 1. The van der Waals surface area contributed by atoms with Gasteiger partial charge in [-0.3, -0.25) is 15.0 Å². The predicted molar refractivity (Wildman–Crippen MR) is 73.2 cm³/mol. The lowest BCUT2D eigenvalue weighted by atomic mass is 9.91. The van der Waals surface area contributed by atoms with E-state index in [0.717, 1.165) is 25.9 Å². The van der Waals surface area contributed by atoms with Gasteiger partial charge in [-0.15, -0.1) is 0 Å². The van der Waals surface area contributed by atoms with Crippen LogP contribution in [0.4, 0.5) is 0 Å². The Morgan fingerprint density at radius 3 is 2.68 bits per heavy atom. The van der Waals surface area contributed by atoms with Gasteiger partial charge in [-0.25, -0.2) is 0 Å². The molecule has 2 atom stereocenters. The molecule has 2 N–H and O–H groups in total. The fourth-order valence-corrected chi connectivity index (χ4v) is 3.07. The van der Waals surface area contributed by atoms with E-state index in [-0.39, 0.29) is 18.1 Å². The van der Waals surface area contributed by atoms with Gasteiger partial charge in [-0.05, 0) is 39.5 Å². The number of carboxylic acids is 1. The van der Waals surface area contributed by atoms with Crippen LogP contribution in [0.15, 0.2) is 0 Å². The molecule has 0 spiro atoms. The SMILES string of the molecule is CC(C)NC(CN1CCOC(C)C1)(C(=O)O)C1CC1. The van der Waals surface area contributed by atoms with Crippen molar-refractivity contribution in [1.82, 2.24) is 10.2 Å². The van der Waals surface area contributed by atoms with Gasteiger partial charge in [0.1, 0.15) is 5.54 Å². The number of aliphatic carboxylic acids is 1. The number of carbonyl (C=O) groups is 1. The van der Waals surface area contributed by atoms with E-state index in [0.29, 0.717) is 13.2 Å². The third-order valence-corrected chi connectivity index (χ3v) is 4.00. The van der Waals surface area contributed by atoms with Crippen molar-refractivity contribution >= 4 is 5.97 Å². The van der Waals surface area contributed by atoms with Crippen molar-refractivity contribution in [3.05, 3.63) is 0 Å². The summed E-state index contributed by atoms with van der Waals surface area (Å²) in [5, 5.41) is 13.1. The lowest BCUT2D eigenvalue weighted by molar-refractivity contribution is -0.148. The normalized spacial score (nSPS) is 28.3. The Hall–Kier alpha value is -0.650. The number of rotatable bonds is 6. The van der Waals surface area contributed by atoms with Gasteiger partial charge in [-0.1, -0.05) is 0 Å². The van der Waals surface area contributed by atoms with E-state index in [2.05, 4.69) is 10.2 Å². The molecule has 2 fully saturated rings. The highest BCUT2D eigenvalue weighted by Crippen LogP contribution is 2.41. The Labute approximate surface area is 115 Å². The molecular weight excluding hydrogens is 244 g/mol. The molecule has 1 saturated carbocycles. The minimum atomic E-state index is -0.786. The van der Waals surface area contributed by atoms with Crippen molar-refractivity contribution < 1.29 is 14.6 Å². The van der Waals surface area contributed by atoms with Gasteiger partial charge in [0.05, 0.1) is 12.7 Å². The van der Waals surface area contributed by atoms with E-state index in [1.54, 1.807) is 0 Å². The van der Waals surface area contributed by atoms with Gasteiger partial charge in [0.25, 0.3) is 0 Å². The van der Waals surface area contributed by atoms with Crippen LogP contribution in [0.5, 0.6) is 0 Å². The van der Waals surface area contributed by atoms with Crippen LogP contribution < -0.4 is 5.32 Å². The standard InChI is InChI=1S/C14H26N2O3/c1-10(2)15-14(13(17)18,12-4-5-12)9-16-6-7-19-11(3)8-16/h10-12,15H,4-9H2,1-3H3,(H,17,18). The summed E-state index contributed by atoms with van der Waals surface area (Å²) in [6.45, 7) is 9.00. The molecule has 5 nitrogen and oxygen atoms in total.